The first-order chi connectivity index (χ1) is 19.6. The highest BCUT2D eigenvalue weighted by Gasteiger charge is 2.24. The minimum atomic E-state index is -0.201. The van der Waals surface area contributed by atoms with E-state index < -0.39 is 0 Å². The molecule has 0 spiro atoms. The second-order valence-electron chi connectivity index (χ2n) is 9.22. The van der Waals surface area contributed by atoms with Crippen LogP contribution < -0.4 is 5.32 Å². The summed E-state index contributed by atoms with van der Waals surface area (Å²) in [4.78, 5) is 14.2. The third kappa shape index (κ3) is 6.59. The number of carbonyl (C=O) groups is 1. The molecule has 2 nitrogen and oxygen atoms in total. The smallest absolute Gasteiger partial charge is 0.188 e. The van der Waals surface area contributed by atoms with Crippen molar-refractivity contribution < 1.29 is 4.79 Å². The molecule has 0 amide bonds. The van der Waals surface area contributed by atoms with Gasteiger partial charge in [-0.3, -0.25) is 4.79 Å². The number of hydrogen-bond acceptors (Lipinski definition) is 2. The lowest BCUT2D eigenvalue weighted by atomic mass is 9.92. The summed E-state index contributed by atoms with van der Waals surface area (Å²) in [6.07, 6.45) is 3.52. The van der Waals surface area contributed by atoms with E-state index in [1.807, 2.05) is 121 Å². The van der Waals surface area contributed by atoms with Crippen molar-refractivity contribution in [3.8, 4) is 0 Å². The highest BCUT2D eigenvalue weighted by atomic mass is 79.9. The van der Waals surface area contributed by atoms with E-state index in [1.54, 1.807) is 6.08 Å². The molecule has 0 aliphatic rings. The van der Waals surface area contributed by atoms with Gasteiger partial charge in [-0.05, 0) is 34.9 Å². The minimum Gasteiger partial charge on any atom is -0.373 e. The van der Waals surface area contributed by atoms with Gasteiger partial charge in [0, 0.05) is 20.1 Å². The molecule has 0 radical (unpaired) electrons. The van der Waals surface area contributed by atoms with Gasteiger partial charge in [0.2, 0.25) is 0 Å². The molecule has 0 unspecified atom stereocenters. The maximum Gasteiger partial charge on any atom is 0.188 e. The molecule has 5 rings (SSSR count). The first-order valence-electron chi connectivity index (χ1n) is 13.0. The van der Waals surface area contributed by atoms with Crippen molar-refractivity contribution in [1.29, 1.82) is 0 Å². The van der Waals surface area contributed by atoms with Crippen LogP contribution in [0.25, 0.3) is 17.3 Å². The largest absolute Gasteiger partial charge is 0.373 e. The predicted octanol–water partition coefficient (Wildman–Crippen LogP) is 9.74. The van der Waals surface area contributed by atoms with Gasteiger partial charge in [-0.15, -0.1) is 0 Å². The maximum absolute atomic E-state index is 14.2. The van der Waals surface area contributed by atoms with Gasteiger partial charge in [0.05, 0.1) is 17.3 Å². The molecule has 0 aliphatic heterocycles. The molecule has 0 atom stereocenters. The van der Waals surface area contributed by atoms with Crippen LogP contribution in [0, 0.1) is 0 Å². The summed E-state index contributed by atoms with van der Waals surface area (Å²) in [5, 5.41) is 3.82. The number of allylic oxidation sites excluding steroid dienone is 2. The summed E-state index contributed by atoms with van der Waals surface area (Å²) in [6, 6.07) is 46.1. The monoisotopic (exact) mass is 647 g/mol. The summed E-state index contributed by atoms with van der Waals surface area (Å²) in [7, 11) is 0. The van der Waals surface area contributed by atoms with Crippen LogP contribution >= 0.6 is 31.9 Å². The summed E-state index contributed by atoms with van der Waals surface area (Å²) < 4.78 is 1.73. The van der Waals surface area contributed by atoms with E-state index in [2.05, 4.69) is 61.4 Å². The molecule has 1 N–H and O–H groups in total. The van der Waals surface area contributed by atoms with E-state index >= 15 is 0 Å². The van der Waals surface area contributed by atoms with Gasteiger partial charge in [-0.25, -0.2) is 0 Å². The normalized spacial score (nSPS) is 11.9. The van der Waals surface area contributed by atoms with Crippen LogP contribution in [-0.4, -0.2) is 5.78 Å². The number of nitrogens with one attached hydrogen (secondary N) is 1. The molecule has 0 heterocycles. The Kier molecular flexibility index (Phi) is 9.22. The van der Waals surface area contributed by atoms with Gasteiger partial charge in [-0.2, -0.15) is 0 Å². The fraction of sp³-hybridized carbons (Fsp3) is 0.0278. The molecule has 0 saturated heterocycles. The highest BCUT2D eigenvalue weighted by molar-refractivity contribution is 9.10. The highest BCUT2D eigenvalue weighted by Crippen LogP contribution is 2.36. The van der Waals surface area contributed by atoms with E-state index in [0.717, 1.165) is 42.5 Å². The Morgan fingerprint density at radius 2 is 1.02 bits per heavy atom. The van der Waals surface area contributed by atoms with Gasteiger partial charge in [0.15, 0.2) is 5.78 Å². The van der Waals surface area contributed by atoms with Crippen LogP contribution in [-0.2, 0) is 4.79 Å². The molecule has 40 heavy (non-hydrogen) atoms. The fourth-order valence-electron chi connectivity index (χ4n) is 4.62. The third-order valence-corrected chi connectivity index (χ3v) is 7.95. The second kappa shape index (κ2) is 13.4. The SMILES string of the molecule is O=C(/C=C/c1ccccc1)/C(=C(\NC(c1ccccc1)c1ccccc1)c1ccccc1Br)c1ccccc1Br. The first kappa shape index (κ1) is 27.6. The average Bonchev–Trinajstić information content (AvgIpc) is 3.00. The molecule has 5 aromatic carbocycles. The van der Waals surface area contributed by atoms with Crippen LogP contribution in [0.5, 0.6) is 0 Å². The summed E-state index contributed by atoms with van der Waals surface area (Å²) in [5.41, 5.74) is 6.16. The predicted molar refractivity (Wildman–Crippen MR) is 173 cm³/mol. The first-order valence-corrected chi connectivity index (χ1v) is 14.6. The molecule has 5 aromatic rings. The Morgan fingerprint density at radius 1 is 0.575 bits per heavy atom. The lowest BCUT2D eigenvalue weighted by Crippen LogP contribution is -2.24. The van der Waals surface area contributed by atoms with Crippen LogP contribution in [0.2, 0.25) is 0 Å². The van der Waals surface area contributed by atoms with Crippen molar-refractivity contribution in [3.63, 3.8) is 0 Å². The summed E-state index contributed by atoms with van der Waals surface area (Å²) >= 11 is 7.50. The van der Waals surface area contributed by atoms with Crippen LogP contribution in [0.15, 0.2) is 155 Å². The average molecular weight is 649 g/mol. The number of halogens is 2. The number of hydrogen-bond donors (Lipinski definition) is 1. The van der Waals surface area contributed by atoms with Crippen molar-refractivity contribution in [2.24, 2.45) is 0 Å². The van der Waals surface area contributed by atoms with Crippen molar-refractivity contribution >= 4 is 55.0 Å². The summed E-state index contributed by atoms with van der Waals surface area (Å²) in [6.45, 7) is 0. The van der Waals surface area contributed by atoms with Crippen molar-refractivity contribution in [2.75, 3.05) is 0 Å². The Hall–Kier alpha value is -3.99. The molecule has 0 aliphatic carbocycles. The van der Waals surface area contributed by atoms with Crippen molar-refractivity contribution in [2.45, 2.75) is 6.04 Å². The molecule has 196 valence electrons. The Morgan fingerprint density at radius 3 is 1.55 bits per heavy atom. The fourth-order valence-corrected chi connectivity index (χ4v) is 5.58. The van der Waals surface area contributed by atoms with E-state index in [0.29, 0.717) is 5.57 Å². The van der Waals surface area contributed by atoms with Crippen LogP contribution in [0.1, 0.15) is 33.9 Å². The van der Waals surface area contributed by atoms with E-state index in [1.165, 1.54) is 0 Å². The molecular formula is C36H27Br2NO. The van der Waals surface area contributed by atoms with E-state index in [-0.39, 0.29) is 11.8 Å². The Balaban J connectivity index is 1.76. The lowest BCUT2D eigenvalue weighted by Gasteiger charge is -2.26. The molecule has 4 heteroatoms. The van der Waals surface area contributed by atoms with Gasteiger partial charge in [0.25, 0.3) is 0 Å². The van der Waals surface area contributed by atoms with E-state index in [9.17, 15) is 4.79 Å². The topological polar surface area (TPSA) is 29.1 Å². The molecule has 0 saturated carbocycles. The van der Waals surface area contributed by atoms with Gasteiger partial charge < -0.3 is 5.32 Å². The standard InChI is InChI=1S/C36H27Br2NO/c37-31-22-12-10-20-29(31)34(33(40)25-24-26-14-4-1-5-15-26)36(30-21-11-13-23-32(30)38)39-35(27-16-6-2-7-17-27)28-18-8-3-9-19-28/h1-25,35,39H/b25-24+,36-34-. The molecular weight excluding hydrogens is 622 g/mol. The summed E-state index contributed by atoms with van der Waals surface area (Å²) in [5.74, 6) is -0.103. The lowest BCUT2D eigenvalue weighted by molar-refractivity contribution is -0.109. The van der Waals surface area contributed by atoms with Crippen molar-refractivity contribution in [3.05, 3.63) is 182 Å². The second-order valence-corrected chi connectivity index (χ2v) is 10.9. The van der Waals surface area contributed by atoms with Crippen LogP contribution in [0.4, 0.5) is 0 Å². The van der Waals surface area contributed by atoms with Crippen LogP contribution in [0.3, 0.4) is 0 Å². The van der Waals surface area contributed by atoms with Gasteiger partial charge >= 0.3 is 0 Å². The van der Waals surface area contributed by atoms with E-state index in [4.69, 9.17) is 0 Å². The number of carbonyl (C=O) groups excluding carboxylic acids is 1. The van der Waals surface area contributed by atoms with Gasteiger partial charge in [-0.1, -0.05) is 165 Å². The Labute approximate surface area is 252 Å². The number of rotatable bonds is 9. The molecule has 0 aromatic heterocycles. The third-order valence-electron chi connectivity index (χ3n) is 6.56. The number of benzene rings is 5. The van der Waals surface area contributed by atoms with Crippen molar-refractivity contribution in [1.82, 2.24) is 5.32 Å². The maximum atomic E-state index is 14.2. The quantitative estimate of drug-likeness (QED) is 0.127. The molecule has 0 fully saturated rings. The minimum absolute atomic E-state index is 0.103. The zero-order valence-electron chi connectivity index (χ0n) is 21.7. The van der Waals surface area contributed by atoms with Gasteiger partial charge in [0.1, 0.15) is 0 Å². The zero-order chi connectivity index (χ0) is 27.7. The number of ketones is 1. The Bertz CT molecular complexity index is 1610. The zero-order valence-corrected chi connectivity index (χ0v) is 24.8. The molecule has 0 bridgehead atoms.